The van der Waals surface area contributed by atoms with Gasteiger partial charge in [0.1, 0.15) is 0 Å². The van der Waals surface area contributed by atoms with E-state index in [1.54, 1.807) is 37.1 Å². The van der Waals surface area contributed by atoms with E-state index in [1.165, 1.54) is 18.2 Å². The maximum atomic E-state index is 12.7. The van der Waals surface area contributed by atoms with E-state index in [0.717, 1.165) is 25.7 Å². The van der Waals surface area contributed by atoms with Crippen LogP contribution < -0.4 is 5.32 Å². The summed E-state index contributed by atoms with van der Waals surface area (Å²) in [5.41, 5.74) is 0.370. The smallest absolute Gasteiger partial charge is 0.340 e. The molecule has 0 spiro atoms. The van der Waals surface area contributed by atoms with Crippen LogP contribution in [0.5, 0.6) is 0 Å². The zero-order valence-corrected chi connectivity index (χ0v) is 18.6. The summed E-state index contributed by atoms with van der Waals surface area (Å²) in [7, 11) is 1.79. The van der Waals surface area contributed by atoms with Crippen LogP contribution in [0, 0.1) is 0 Å². The minimum absolute atomic E-state index is 0.0660. The van der Waals surface area contributed by atoms with Crippen molar-refractivity contribution in [3.63, 3.8) is 0 Å². The SMILES string of the molecule is CC(C)NC(=O)CSc1ccccc1C(=O)O[C@@H](C)C(=O)N(C)C1CCCCC1. The zero-order valence-electron chi connectivity index (χ0n) is 17.8. The number of benzene rings is 1. The number of nitrogens with zero attached hydrogens (tertiary/aromatic N) is 1. The van der Waals surface area contributed by atoms with Crippen molar-refractivity contribution < 1.29 is 19.1 Å². The highest BCUT2D eigenvalue weighted by Crippen LogP contribution is 2.25. The van der Waals surface area contributed by atoms with Crippen molar-refractivity contribution in [1.29, 1.82) is 0 Å². The molecule has 1 aromatic rings. The van der Waals surface area contributed by atoms with Crippen molar-refractivity contribution >= 4 is 29.5 Å². The fraction of sp³-hybridized carbons (Fsp3) is 0.591. The number of hydrogen-bond acceptors (Lipinski definition) is 5. The largest absolute Gasteiger partial charge is 0.449 e. The summed E-state index contributed by atoms with van der Waals surface area (Å²) in [4.78, 5) is 39.7. The predicted octanol–water partition coefficient (Wildman–Crippen LogP) is 3.64. The molecule has 1 saturated carbocycles. The Labute approximate surface area is 177 Å². The van der Waals surface area contributed by atoms with Gasteiger partial charge in [-0.3, -0.25) is 9.59 Å². The molecule has 1 fully saturated rings. The molecule has 0 heterocycles. The van der Waals surface area contributed by atoms with Crippen LogP contribution in [0.4, 0.5) is 0 Å². The van der Waals surface area contributed by atoms with Gasteiger partial charge in [0.05, 0.1) is 11.3 Å². The second-order valence-corrected chi connectivity index (χ2v) is 8.81. The maximum absolute atomic E-state index is 12.7. The standard InChI is InChI=1S/C22H32N2O4S/c1-15(2)23-20(25)14-29-19-13-9-8-12-18(19)22(27)28-16(3)21(26)24(4)17-10-6-5-7-11-17/h8-9,12-13,15-17H,5-7,10-11,14H2,1-4H3,(H,23,25)/t16-/m0/s1. The second-order valence-electron chi connectivity index (χ2n) is 7.80. The van der Waals surface area contributed by atoms with E-state index in [-0.39, 0.29) is 29.7 Å². The van der Waals surface area contributed by atoms with Gasteiger partial charge in [0, 0.05) is 24.0 Å². The summed E-state index contributed by atoms with van der Waals surface area (Å²) < 4.78 is 5.48. The number of ether oxygens (including phenoxy) is 1. The molecule has 29 heavy (non-hydrogen) atoms. The lowest BCUT2D eigenvalue weighted by Crippen LogP contribution is -2.44. The number of likely N-dealkylation sites (N-methyl/N-ethyl adjacent to an activating group) is 1. The lowest BCUT2D eigenvalue weighted by Gasteiger charge is -2.32. The first kappa shape index (κ1) is 23.3. The van der Waals surface area contributed by atoms with Crippen molar-refractivity contribution in [3.8, 4) is 0 Å². The molecule has 1 aliphatic carbocycles. The molecule has 160 valence electrons. The number of carbonyl (C=O) groups is 3. The number of hydrogen-bond donors (Lipinski definition) is 1. The third-order valence-corrected chi connectivity index (χ3v) is 6.09. The van der Waals surface area contributed by atoms with Crippen LogP contribution in [0.2, 0.25) is 0 Å². The van der Waals surface area contributed by atoms with E-state index in [9.17, 15) is 14.4 Å². The Morgan fingerprint density at radius 2 is 1.79 bits per heavy atom. The molecule has 6 nitrogen and oxygen atoms in total. The quantitative estimate of drug-likeness (QED) is 0.513. The lowest BCUT2D eigenvalue weighted by atomic mass is 9.94. The van der Waals surface area contributed by atoms with Gasteiger partial charge < -0.3 is 15.0 Å². The molecular weight excluding hydrogens is 388 g/mol. The molecule has 0 bridgehead atoms. The van der Waals surface area contributed by atoms with Gasteiger partial charge in [0.25, 0.3) is 5.91 Å². The molecule has 1 N–H and O–H groups in total. The Morgan fingerprint density at radius 3 is 2.45 bits per heavy atom. The van der Waals surface area contributed by atoms with Crippen molar-refractivity contribution in [3.05, 3.63) is 29.8 Å². The first-order valence-electron chi connectivity index (χ1n) is 10.3. The molecule has 0 radical (unpaired) electrons. The van der Waals surface area contributed by atoms with E-state index < -0.39 is 12.1 Å². The van der Waals surface area contributed by atoms with E-state index >= 15 is 0 Å². The fourth-order valence-electron chi connectivity index (χ4n) is 3.48. The summed E-state index contributed by atoms with van der Waals surface area (Å²) in [6.07, 6.45) is 4.63. The van der Waals surface area contributed by atoms with E-state index in [1.807, 2.05) is 19.9 Å². The van der Waals surface area contributed by atoms with Gasteiger partial charge in [0.2, 0.25) is 5.91 Å². The third kappa shape index (κ3) is 7.07. The molecule has 1 aliphatic rings. The fourth-order valence-corrected chi connectivity index (χ4v) is 4.33. The monoisotopic (exact) mass is 420 g/mol. The van der Waals surface area contributed by atoms with Crippen LogP contribution in [-0.2, 0) is 14.3 Å². The van der Waals surface area contributed by atoms with Crippen LogP contribution in [0.3, 0.4) is 0 Å². The maximum Gasteiger partial charge on any atom is 0.340 e. The minimum atomic E-state index is -0.850. The normalized spacial score (nSPS) is 15.6. The summed E-state index contributed by atoms with van der Waals surface area (Å²) >= 11 is 1.28. The summed E-state index contributed by atoms with van der Waals surface area (Å²) in [6, 6.07) is 7.29. The number of esters is 1. The average Bonchev–Trinajstić information content (AvgIpc) is 2.71. The van der Waals surface area contributed by atoms with Gasteiger partial charge in [-0.25, -0.2) is 4.79 Å². The summed E-state index contributed by atoms with van der Waals surface area (Å²) in [6.45, 7) is 5.42. The van der Waals surface area contributed by atoms with Crippen LogP contribution >= 0.6 is 11.8 Å². The zero-order chi connectivity index (χ0) is 21.4. The summed E-state index contributed by atoms with van der Waals surface area (Å²) in [5.74, 6) is -0.603. The van der Waals surface area contributed by atoms with Crippen LogP contribution in [0.1, 0.15) is 63.2 Å². The Bertz CT molecular complexity index is 717. The Hall–Kier alpha value is -2.02. The van der Waals surface area contributed by atoms with Crippen LogP contribution in [0.25, 0.3) is 0 Å². The number of carbonyl (C=O) groups excluding carboxylic acids is 3. The molecular formula is C22H32N2O4S. The third-order valence-electron chi connectivity index (χ3n) is 5.02. The van der Waals surface area contributed by atoms with Gasteiger partial charge in [-0.05, 0) is 45.7 Å². The van der Waals surface area contributed by atoms with E-state index in [2.05, 4.69) is 5.32 Å². The number of thioether (sulfide) groups is 1. The first-order chi connectivity index (χ1) is 13.8. The number of amides is 2. The minimum Gasteiger partial charge on any atom is -0.449 e. The average molecular weight is 421 g/mol. The molecule has 1 atom stereocenters. The molecule has 0 saturated heterocycles. The Balaban J connectivity index is 1.97. The summed E-state index contributed by atoms with van der Waals surface area (Å²) in [5, 5.41) is 2.83. The predicted molar refractivity (Wildman–Crippen MR) is 115 cm³/mol. The molecule has 2 rings (SSSR count). The van der Waals surface area contributed by atoms with E-state index in [4.69, 9.17) is 4.74 Å². The number of nitrogens with one attached hydrogen (secondary N) is 1. The van der Waals surface area contributed by atoms with Gasteiger partial charge in [-0.1, -0.05) is 31.4 Å². The van der Waals surface area contributed by atoms with Crippen molar-refractivity contribution in [2.24, 2.45) is 0 Å². The van der Waals surface area contributed by atoms with Crippen LogP contribution in [-0.4, -0.2) is 53.7 Å². The van der Waals surface area contributed by atoms with Gasteiger partial charge in [0.15, 0.2) is 6.10 Å². The van der Waals surface area contributed by atoms with Crippen molar-refractivity contribution in [1.82, 2.24) is 10.2 Å². The lowest BCUT2D eigenvalue weighted by molar-refractivity contribution is -0.141. The highest BCUT2D eigenvalue weighted by Gasteiger charge is 2.28. The second kappa shape index (κ2) is 11.2. The Kier molecular flexibility index (Phi) is 9.01. The highest BCUT2D eigenvalue weighted by atomic mass is 32.2. The first-order valence-corrected chi connectivity index (χ1v) is 11.3. The molecule has 0 unspecified atom stereocenters. The van der Waals surface area contributed by atoms with Crippen molar-refractivity contribution in [2.75, 3.05) is 12.8 Å². The van der Waals surface area contributed by atoms with Crippen LogP contribution in [0.15, 0.2) is 29.2 Å². The number of rotatable bonds is 8. The Morgan fingerprint density at radius 1 is 1.14 bits per heavy atom. The topological polar surface area (TPSA) is 75.7 Å². The van der Waals surface area contributed by atoms with Crippen molar-refractivity contribution in [2.45, 2.75) is 76.0 Å². The highest BCUT2D eigenvalue weighted by molar-refractivity contribution is 8.00. The van der Waals surface area contributed by atoms with Gasteiger partial charge in [-0.15, -0.1) is 11.8 Å². The molecule has 0 aliphatic heterocycles. The van der Waals surface area contributed by atoms with Gasteiger partial charge in [-0.2, -0.15) is 0 Å². The molecule has 0 aromatic heterocycles. The molecule has 7 heteroatoms. The molecule has 1 aromatic carbocycles. The van der Waals surface area contributed by atoms with E-state index in [0.29, 0.717) is 10.5 Å². The van der Waals surface area contributed by atoms with Gasteiger partial charge >= 0.3 is 5.97 Å². The molecule has 2 amide bonds.